The standard InChI is InChI=1S/C13H18N2OS/c1-13(2,8-14)15-12(16)11-7-9-5-3-4-6-10(9)17-11/h3-6,11H,7-8,14H2,1-2H3,(H,15,16). The normalized spacial score (nSPS) is 18.9. The van der Waals surface area contributed by atoms with E-state index in [0.717, 1.165) is 6.42 Å². The molecule has 4 heteroatoms. The summed E-state index contributed by atoms with van der Waals surface area (Å²) < 4.78 is 0. The van der Waals surface area contributed by atoms with Crippen LogP contribution in [0.3, 0.4) is 0 Å². The van der Waals surface area contributed by atoms with E-state index in [9.17, 15) is 4.79 Å². The summed E-state index contributed by atoms with van der Waals surface area (Å²) in [6, 6.07) is 8.18. The maximum atomic E-state index is 12.1. The summed E-state index contributed by atoms with van der Waals surface area (Å²) in [6.07, 6.45) is 0.813. The molecule has 0 saturated heterocycles. The smallest absolute Gasteiger partial charge is 0.234 e. The number of rotatable bonds is 3. The summed E-state index contributed by atoms with van der Waals surface area (Å²) in [5.41, 5.74) is 6.56. The first-order valence-electron chi connectivity index (χ1n) is 5.78. The Labute approximate surface area is 106 Å². The third-order valence-electron chi connectivity index (χ3n) is 2.91. The number of nitrogens with two attached hydrogens (primary N) is 1. The van der Waals surface area contributed by atoms with E-state index in [1.165, 1.54) is 10.5 Å². The van der Waals surface area contributed by atoms with Crippen LogP contribution in [0.25, 0.3) is 0 Å². The lowest BCUT2D eigenvalue weighted by Crippen LogP contribution is -2.51. The van der Waals surface area contributed by atoms with E-state index in [0.29, 0.717) is 6.54 Å². The van der Waals surface area contributed by atoms with Crippen LogP contribution in [0.2, 0.25) is 0 Å². The first kappa shape index (κ1) is 12.5. The van der Waals surface area contributed by atoms with E-state index >= 15 is 0 Å². The molecule has 1 amide bonds. The van der Waals surface area contributed by atoms with Gasteiger partial charge in [0.25, 0.3) is 0 Å². The van der Waals surface area contributed by atoms with Gasteiger partial charge in [-0.15, -0.1) is 11.8 Å². The van der Waals surface area contributed by atoms with Gasteiger partial charge in [-0.2, -0.15) is 0 Å². The molecule has 1 aliphatic heterocycles. The third kappa shape index (κ3) is 2.82. The van der Waals surface area contributed by atoms with Crippen LogP contribution in [0.15, 0.2) is 29.2 Å². The molecule has 1 aromatic rings. The van der Waals surface area contributed by atoms with Gasteiger partial charge < -0.3 is 11.1 Å². The molecule has 0 aromatic heterocycles. The molecule has 1 aliphatic rings. The number of amides is 1. The predicted octanol–water partition coefficient (Wildman–Crippen LogP) is 1.56. The van der Waals surface area contributed by atoms with E-state index in [-0.39, 0.29) is 16.7 Å². The molecule has 0 bridgehead atoms. The first-order chi connectivity index (χ1) is 8.02. The molecular weight excluding hydrogens is 232 g/mol. The molecule has 1 atom stereocenters. The van der Waals surface area contributed by atoms with Crippen molar-refractivity contribution in [3.8, 4) is 0 Å². The van der Waals surface area contributed by atoms with Crippen molar-refractivity contribution in [3.63, 3.8) is 0 Å². The maximum absolute atomic E-state index is 12.1. The number of hydrogen-bond donors (Lipinski definition) is 2. The van der Waals surface area contributed by atoms with Crippen molar-refractivity contribution in [1.29, 1.82) is 0 Å². The van der Waals surface area contributed by atoms with Gasteiger partial charge in [-0.05, 0) is 31.9 Å². The second-order valence-electron chi connectivity index (χ2n) is 5.00. The fraction of sp³-hybridized carbons (Fsp3) is 0.462. The van der Waals surface area contributed by atoms with E-state index < -0.39 is 0 Å². The topological polar surface area (TPSA) is 55.1 Å². The number of hydrogen-bond acceptors (Lipinski definition) is 3. The van der Waals surface area contributed by atoms with Crippen LogP contribution in [0.4, 0.5) is 0 Å². The molecule has 0 saturated carbocycles. The van der Waals surface area contributed by atoms with Crippen molar-refractivity contribution in [1.82, 2.24) is 5.32 Å². The number of thioether (sulfide) groups is 1. The van der Waals surface area contributed by atoms with Crippen LogP contribution in [0.1, 0.15) is 19.4 Å². The summed E-state index contributed by atoms with van der Waals surface area (Å²) in [4.78, 5) is 13.3. The molecule has 0 radical (unpaired) electrons. The molecule has 1 aromatic carbocycles. The van der Waals surface area contributed by atoms with Gasteiger partial charge >= 0.3 is 0 Å². The average Bonchev–Trinajstić information content (AvgIpc) is 2.72. The van der Waals surface area contributed by atoms with Crippen LogP contribution in [0.5, 0.6) is 0 Å². The van der Waals surface area contributed by atoms with Crippen molar-refractivity contribution in [2.45, 2.75) is 36.0 Å². The van der Waals surface area contributed by atoms with Gasteiger partial charge in [0.1, 0.15) is 0 Å². The Balaban J connectivity index is 2.01. The zero-order valence-electron chi connectivity index (χ0n) is 10.2. The van der Waals surface area contributed by atoms with Crippen LogP contribution in [-0.2, 0) is 11.2 Å². The van der Waals surface area contributed by atoms with Gasteiger partial charge in [-0.1, -0.05) is 18.2 Å². The van der Waals surface area contributed by atoms with Crippen LogP contribution in [-0.4, -0.2) is 23.2 Å². The molecule has 1 heterocycles. The molecule has 1 unspecified atom stereocenters. The van der Waals surface area contributed by atoms with Gasteiger partial charge in [0.15, 0.2) is 0 Å². The highest BCUT2D eigenvalue weighted by Crippen LogP contribution is 2.36. The SMILES string of the molecule is CC(C)(CN)NC(=O)C1Cc2ccccc2S1. The van der Waals surface area contributed by atoms with Gasteiger partial charge in [0, 0.05) is 17.0 Å². The second-order valence-corrected chi connectivity index (χ2v) is 6.24. The highest BCUT2D eigenvalue weighted by atomic mass is 32.2. The Morgan fingerprint density at radius 3 is 2.88 bits per heavy atom. The zero-order chi connectivity index (χ0) is 12.5. The molecule has 3 N–H and O–H groups in total. The Bertz CT molecular complexity index is 406. The fourth-order valence-electron chi connectivity index (χ4n) is 1.79. The lowest BCUT2D eigenvalue weighted by atomic mass is 10.0. The maximum Gasteiger partial charge on any atom is 0.234 e. The predicted molar refractivity (Wildman–Crippen MR) is 71.1 cm³/mol. The highest BCUT2D eigenvalue weighted by molar-refractivity contribution is 8.01. The summed E-state index contributed by atoms with van der Waals surface area (Å²) >= 11 is 1.64. The quantitative estimate of drug-likeness (QED) is 0.856. The minimum Gasteiger partial charge on any atom is -0.349 e. The molecule has 17 heavy (non-hydrogen) atoms. The Hall–Kier alpha value is -1.00. The van der Waals surface area contributed by atoms with Crippen LogP contribution >= 0.6 is 11.8 Å². The Morgan fingerprint density at radius 1 is 1.53 bits per heavy atom. The first-order valence-corrected chi connectivity index (χ1v) is 6.66. The van der Waals surface area contributed by atoms with Gasteiger partial charge in [0.05, 0.1) is 5.25 Å². The molecule has 0 fully saturated rings. The largest absolute Gasteiger partial charge is 0.349 e. The number of carbonyl (C=O) groups is 1. The minimum absolute atomic E-state index is 0.0155. The summed E-state index contributed by atoms with van der Waals surface area (Å²) in [7, 11) is 0. The van der Waals surface area contributed by atoms with E-state index in [4.69, 9.17) is 5.73 Å². The number of carbonyl (C=O) groups excluding carboxylic acids is 1. The summed E-state index contributed by atoms with van der Waals surface area (Å²) in [5.74, 6) is 0.0849. The lowest BCUT2D eigenvalue weighted by Gasteiger charge is -2.25. The molecule has 0 aliphatic carbocycles. The molecular formula is C13H18N2OS. The summed E-state index contributed by atoms with van der Waals surface area (Å²) in [5, 5.41) is 2.98. The molecule has 0 spiro atoms. The molecule has 3 nitrogen and oxygen atoms in total. The van der Waals surface area contributed by atoms with Gasteiger partial charge in [-0.3, -0.25) is 4.79 Å². The molecule has 92 valence electrons. The Morgan fingerprint density at radius 2 is 2.24 bits per heavy atom. The zero-order valence-corrected chi connectivity index (χ0v) is 11.0. The van der Waals surface area contributed by atoms with Crippen molar-refractivity contribution >= 4 is 17.7 Å². The van der Waals surface area contributed by atoms with E-state index in [1.807, 2.05) is 26.0 Å². The second kappa shape index (κ2) is 4.70. The van der Waals surface area contributed by atoms with Gasteiger partial charge in [-0.25, -0.2) is 0 Å². The van der Waals surface area contributed by atoms with Crippen molar-refractivity contribution in [2.24, 2.45) is 5.73 Å². The van der Waals surface area contributed by atoms with Crippen molar-refractivity contribution < 1.29 is 4.79 Å². The van der Waals surface area contributed by atoms with Crippen molar-refractivity contribution in [2.75, 3.05) is 6.54 Å². The van der Waals surface area contributed by atoms with Crippen LogP contribution in [0, 0.1) is 0 Å². The lowest BCUT2D eigenvalue weighted by molar-refractivity contribution is -0.122. The average molecular weight is 250 g/mol. The number of fused-ring (bicyclic) bond motifs is 1. The number of nitrogens with one attached hydrogen (secondary N) is 1. The van der Waals surface area contributed by atoms with E-state index in [1.54, 1.807) is 11.8 Å². The van der Waals surface area contributed by atoms with Crippen LogP contribution < -0.4 is 11.1 Å². The van der Waals surface area contributed by atoms with Gasteiger partial charge in [0.2, 0.25) is 5.91 Å². The van der Waals surface area contributed by atoms with E-state index in [2.05, 4.69) is 17.4 Å². The molecule has 2 rings (SSSR count). The minimum atomic E-state index is -0.327. The third-order valence-corrected chi connectivity index (χ3v) is 4.23. The fourth-order valence-corrected chi connectivity index (χ4v) is 2.99. The van der Waals surface area contributed by atoms with Crippen molar-refractivity contribution in [3.05, 3.63) is 29.8 Å². The summed E-state index contributed by atoms with van der Waals surface area (Å²) in [6.45, 7) is 4.33. The number of benzene rings is 1. The Kier molecular flexibility index (Phi) is 3.45. The highest BCUT2D eigenvalue weighted by Gasteiger charge is 2.30. The monoisotopic (exact) mass is 250 g/mol.